The Labute approximate surface area is 192 Å². The van der Waals surface area contributed by atoms with E-state index in [-0.39, 0.29) is 58.5 Å². The van der Waals surface area contributed by atoms with E-state index in [1.165, 1.54) is 19.4 Å². The maximum atomic E-state index is 13.7. The van der Waals surface area contributed by atoms with Gasteiger partial charge in [-0.2, -0.15) is 0 Å². The first-order chi connectivity index (χ1) is 15.0. The zero-order valence-corrected chi connectivity index (χ0v) is 20.2. The number of allylic oxidation sites excluding steroid dienone is 3. The van der Waals surface area contributed by atoms with Crippen molar-refractivity contribution in [2.45, 2.75) is 85.4 Å². The number of carbonyl (C=O) groups is 3. The van der Waals surface area contributed by atoms with Gasteiger partial charge >= 0.3 is 11.9 Å². The summed E-state index contributed by atoms with van der Waals surface area (Å²) in [7, 11) is 0. The summed E-state index contributed by atoms with van der Waals surface area (Å²) in [6.45, 7) is 13.5. The lowest BCUT2D eigenvalue weighted by molar-refractivity contribution is -0.168. The molecule has 4 rings (SSSR count). The predicted octanol–water partition coefficient (Wildman–Crippen LogP) is 5.04. The summed E-state index contributed by atoms with van der Waals surface area (Å²) in [6, 6.07) is 0. The van der Waals surface area contributed by atoms with Gasteiger partial charge in [0.15, 0.2) is 5.78 Å². The minimum absolute atomic E-state index is 0.0495. The number of rotatable bonds is 4. The monoisotopic (exact) mass is 442 g/mol. The zero-order valence-electron chi connectivity index (χ0n) is 20.2. The van der Waals surface area contributed by atoms with Crippen LogP contribution in [0.4, 0.5) is 0 Å². The van der Waals surface area contributed by atoms with Gasteiger partial charge in [0, 0.05) is 25.2 Å². The molecule has 0 aromatic heterocycles. The smallest absolute Gasteiger partial charge is 0.302 e. The van der Waals surface area contributed by atoms with Gasteiger partial charge in [0.05, 0.1) is 0 Å². The number of esters is 2. The second-order valence-corrected chi connectivity index (χ2v) is 11.2. The summed E-state index contributed by atoms with van der Waals surface area (Å²) < 4.78 is 11.5. The van der Waals surface area contributed by atoms with Crippen LogP contribution in [-0.2, 0) is 23.9 Å². The number of hydrogen-bond donors (Lipinski definition) is 0. The third-order valence-corrected chi connectivity index (χ3v) is 9.60. The van der Waals surface area contributed by atoms with Crippen molar-refractivity contribution < 1.29 is 23.9 Å². The molecule has 3 fully saturated rings. The Morgan fingerprint density at radius 3 is 2.41 bits per heavy atom. The van der Waals surface area contributed by atoms with Crippen LogP contribution in [0.5, 0.6) is 0 Å². The number of hydrogen-bond acceptors (Lipinski definition) is 5. The Bertz CT molecular complexity index is 858. The first-order valence-electron chi connectivity index (χ1n) is 12.3. The van der Waals surface area contributed by atoms with Crippen molar-refractivity contribution in [2.24, 2.45) is 40.4 Å². The maximum absolute atomic E-state index is 13.7. The van der Waals surface area contributed by atoms with E-state index in [9.17, 15) is 14.4 Å². The maximum Gasteiger partial charge on any atom is 0.302 e. The molecule has 32 heavy (non-hydrogen) atoms. The summed E-state index contributed by atoms with van der Waals surface area (Å²) in [6.07, 6.45) is 8.67. The molecule has 0 spiro atoms. The Kier molecular flexibility index (Phi) is 5.92. The topological polar surface area (TPSA) is 69.7 Å². The Balaban J connectivity index is 1.74. The quantitative estimate of drug-likeness (QED) is 0.451. The average Bonchev–Trinajstić information content (AvgIpc) is 3.08. The zero-order chi connectivity index (χ0) is 23.4. The molecular formula is C27H38O5. The van der Waals surface area contributed by atoms with E-state index >= 15 is 0 Å². The van der Waals surface area contributed by atoms with Gasteiger partial charge in [0.25, 0.3) is 0 Å². The van der Waals surface area contributed by atoms with Crippen LogP contribution in [0.25, 0.3) is 0 Å². The van der Waals surface area contributed by atoms with Crippen molar-refractivity contribution in [2.75, 3.05) is 0 Å². The average molecular weight is 443 g/mol. The molecule has 0 aliphatic heterocycles. The fraction of sp³-hybridized carbons (Fsp3) is 0.741. The van der Waals surface area contributed by atoms with Gasteiger partial charge in [0.2, 0.25) is 0 Å². The molecule has 4 aliphatic rings. The van der Waals surface area contributed by atoms with Gasteiger partial charge in [-0.15, -0.1) is 6.58 Å². The minimum atomic E-state index is -0.388. The first-order valence-corrected chi connectivity index (χ1v) is 12.3. The molecule has 5 nitrogen and oxygen atoms in total. The van der Waals surface area contributed by atoms with Crippen molar-refractivity contribution in [1.29, 1.82) is 0 Å². The summed E-state index contributed by atoms with van der Waals surface area (Å²) >= 11 is 0. The van der Waals surface area contributed by atoms with Crippen molar-refractivity contribution in [3.05, 3.63) is 24.3 Å². The fourth-order valence-electron chi connectivity index (χ4n) is 8.02. The van der Waals surface area contributed by atoms with Crippen molar-refractivity contribution in [3.8, 4) is 0 Å². The lowest BCUT2D eigenvalue weighted by Gasteiger charge is -2.58. The van der Waals surface area contributed by atoms with Crippen LogP contribution in [0.15, 0.2) is 24.3 Å². The summed E-state index contributed by atoms with van der Waals surface area (Å²) in [5, 5.41) is 0. The minimum Gasteiger partial charge on any atom is -0.463 e. The summed E-state index contributed by atoms with van der Waals surface area (Å²) in [5.41, 5.74) is 0.644. The number of carbonyl (C=O) groups excluding carboxylic acids is 3. The highest BCUT2D eigenvalue weighted by molar-refractivity contribution is 5.97. The molecule has 9 atom stereocenters. The van der Waals surface area contributed by atoms with Crippen LogP contribution in [0.3, 0.4) is 0 Å². The van der Waals surface area contributed by atoms with Crippen molar-refractivity contribution in [1.82, 2.24) is 0 Å². The molecule has 176 valence electrons. The number of ketones is 1. The third kappa shape index (κ3) is 3.47. The molecular weight excluding hydrogens is 404 g/mol. The number of fused-ring (bicyclic) bond motifs is 5. The van der Waals surface area contributed by atoms with Gasteiger partial charge in [-0.25, -0.2) is 0 Å². The van der Waals surface area contributed by atoms with Crippen LogP contribution in [0, 0.1) is 40.4 Å². The molecule has 0 heterocycles. The van der Waals surface area contributed by atoms with E-state index < -0.39 is 0 Å². The highest BCUT2D eigenvalue weighted by Crippen LogP contribution is 2.65. The standard InChI is InChI=1S/C27H38O5/c1-7-15(2)20-8-9-21-19-13-24(32-17(4)29)23-12-18(31-16(3)28)10-11-26(23,5)22(19)14-25(30)27(20,21)6/h7,14-15,18-21,23-24H,1,8-13H2,2-6H3/t15-,18+,19+,20-,21+,23-,24+,26-,27-/m1/s1. The van der Waals surface area contributed by atoms with Gasteiger partial charge < -0.3 is 9.47 Å². The Morgan fingerprint density at radius 1 is 1.09 bits per heavy atom. The van der Waals surface area contributed by atoms with Gasteiger partial charge in [-0.05, 0) is 73.7 Å². The first kappa shape index (κ1) is 23.3. The Hall–Kier alpha value is -1.91. The van der Waals surface area contributed by atoms with E-state index in [0.717, 1.165) is 32.1 Å². The molecule has 0 aromatic rings. The van der Waals surface area contributed by atoms with Crippen LogP contribution >= 0.6 is 0 Å². The van der Waals surface area contributed by atoms with Crippen LogP contribution in [0.2, 0.25) is 0 Å². The SMILES string of the molecule is C=C[C@@H](C)[C@H]1CC[C@H]2[C@@H]3C[C@H](OC(C)=O)[C@H]4C[C@@H](OC(C)=O)CC[C@]4(C)C3=CC(=O)[C@]12C. The van der Waals surface area contributed by atoms with E-state index in [0.29, 0.717) is 18.3 Å². The summed E-state index contributed by atoms with van der Waals surface area (Å²) in [5.74, 6) is 0.879. The normalized spacial score (nSPS) is 43.8. The van der Waals surface area contributed by atoms with E-state index in [1.807, 2.05) is 12.2 Å². The number of ether oxygens (including phenoxy) is 2. The highest BCUT2D eigenvalue weighted by Gasteiger charge is 2.63. The van der Waals surface area contributed by atoms with Crippen LogP contribution in [-0.4, -0.2) is 29.9 Å². The molecule has 0 amide bonds. The second-order valence-electron chi connectivity index (χ2n) is 11.2. The fourth-order valence-corrected chi connectivity index (χ4v) is 8.02. The molecule has 0 bridgehead atoms. The molecule has 0 aromatic carbocycles. The molecule has 5 heteroatoms. The van der Waals surface area contributed by atoms with Gasteiger partial charge in [-0.3, -0.25) is 14.4 Å². The van der Waals surface area contributed by atoms with Gasteiger partial charge in [0.1, 0.15) is 12.2 Å². The highest BCUT2D eigenvalue weighted by atomic mass is 16.5. The molecule has 0 unspecified atom stereocenters. The lowest BCUT2D eigenvalue weighted by Crippen LogP contribution is -2.56. The molecule has 0 saturated heterocycles. The van der Waals surface area contributed by atoms with Crippen molar-refractivity contribution in [3.63, 3.8) is 0 Å². The Morgan fingerprint density at radius 2 is 1.78 bits per heavy atom. The van der Waals surface area contributed by atoms with Crippen molar-refractivity contribution >= 4 is 17.7 Å². The second kappa shape index (κ2) is 8.14. The third-order valence-electron chi connectivity index (χ3n) is 9.60. The largest absolute Gasteiger partial charge is 0.463 e. The molecule has 0 radical (unpaired) electrons. The molecule has 4 aliphatic carbocycles. The van der Waals surface area contributed by atoms with E-state index in [4.69, 9.17) is 9.47 Å². The molecule has 3 saturated carbocycles. The predicted molar refractivity (Wildman–Crippen MR) is 121 cm³/mol. The van der Waals surface area contributed by atoms with E-state index in [2.05, 4.69) is 27.4 Å². The van der Waals surface area contributed by atoms with E-state index in [1.54, 1.807) is 0 Å². The molecule has 0 N–H and O–H groups in total. The van der Waals surface area contributed by atoms with Crippen LogP contribution < -0.4 is 0 Å². The lowest BCUT2D eigenvalue weighted by atomic mass is 9.47. The van der Waals surface area contributed by atoms with Crippen LogP contribution in [0.1, 0.15) is 73.1 Å². The van der Waals surface area contributed by atoms with Gasteiger partial charge in [-0.1, -0.05) is 32.4 Å². The summed E-state index contributed by atoms with van der Waals surface area (Å²) in [4.78, 5) is 37.3.